The van der Waals surface area contributed by atoms with Crippen LogP contribution < -0.4 is 0 Å². The van der Waals surface area contributed by atoms with Crippen LogP contribution in [-0.2, 0) is 6.42 Å². The Kier molecular flexibility index (Phi) is 3.80. The number of nitrogens with zero attached hydrogens (tertiary/aromatic N) is 1. The van der Waals surface area contributed by atoms with Crippen molar-refractivity contribution in [3.05, 3.63) is 90.1 Å². The van der Waals surface area contributed by atoms with Crippen molar-refractivity contribution in [3.63, 3.8) is 0 Å². The Hall–Kier alpha value is -3.00. The van der Waals surface area contributed by atoms with E-state index in [-0.39, 0.29) is 5.78 Å². The third-order valence-electron chi connectivity index (χ3n) is 4.34. The van der Waals surface area contributed by atoms with E-state index in [2.05, 4.69) is 17.1 Å². The molecule has 0 radical (unpaired) electrons. The van der Waals surface area contributed by atoms with Crippen molar-refractivity contribution in [3.8, 4) is 0 Å². The van der Waals surface area contributed by atoms with Gasteiger partial charge in [0.15, 0.2) is 5.78 Å². The summed E-state index contributed by atoms with van der Waals surface area (Å²) in [5.74, 6) is 0.163. The van der Waals surface area contributed by atoms with Gasteiger partial charge < -0.3 is 0 Å². The Bertz CT molecular complexity index is 1040. The van der Waals surface area contributed by atoms with Crippen molar-refractivity contribution in [2.75, 3.05) is 0 Å². The summed E-state index contributed by atoms with van der Waals surface area (Å²) in [6.07, 6.45) is 1.14. The highest BCUT2D eigenvalue weighted by atomic mass is 16.1. The lowest BCUT2D eigenvalue weighted by Gasteiger charge is -2.05. The van der Waals surface area contributed by atoms with Crippen LogP contribution in [0.3, 0.4) is 0 Å². The molecule has 0 bridgehead atoms. The topological polar surface area (TPSA) is 30.0 Å². The monoisotopic (exact) mass is 311 g/mol. The number of ketones is 1. The van der Waals surface area contributed by atoms with Gasteiger partial charge in [-0.1, -0.05) is 60.7 Å². The molecule has 0 N–H and O–H groups in total. The largest absolute Gasteiger partial charge is 0.294 e. The van der Waals surface area contributed by atoms with Crippen LogP contribution in [0.15, 0.2) is 78.9 Å². The average Bonchev–Trinajstić information content (AvgIpc) is 2.65. The molecule has 1 aromatic heterocycles. The van der Waals surface area contributed by atoms with Crippen molar-refractivity contribution in [2.45, 2.75) is 12.8 Å². The first-order chi connectivity index (χ1) is 11.8. The van der Waals surface area contributed by atoms with Crippen LogP contribution in [0.4, 0.5) is 0 Å². The van der Waals surface area contributed by atoms with Gasteiger partial charge in [-0.25, -0.2) is 0 Å². The number of hydrogen-bond acceptors (Lipinski definition) is 2. The third-order valence-corrected chi connectivity index (χ3v) is 4.34. The lowest BCUT2D eigenvalue weighted by atomic mass is 10.0. The number of hydrogen-bond donors (Lipinski definition) is 0. The van der Waals surface area contributed by atoms with Crippen LogP contribution in [-0.4, -0.2) is 10.8 Å². The minimum atomic E-state index is 0.163. The van der Waals surface area contributed by atoms with Crippen molar-refractivity contribution in [1.29, 1.82) is 0 Å². The molecule has 0 aliphatic carbocycles. The zero-order valence-corrected chi connectivity index (χ0v) is 13.3. The van der Waals surface area contributed by atoms with Gasteiger partial charge in [0.2, 0.25) is 0 Å². The third kappa shape index (κ3) is 2.91. The predicted octanol–water partition coefficient (Wildman–Crippen LogP) is 5.20. The quantitative estimate of drug-likeness (QED) is 0.485. The first-order valence-corrected chi connectivity index (χ1v) is 8.16. The molecule has 0 unspecified atom stereocenters. The molecule has 3 aromatic carbocycles. The van der Waals surface area contributed by atoms with Crippen LogP contribution in [0, 0.1) is 0 Å². The number of rotatable bonds is 4. The minimum absolute atomic E-state index is 0.163. The van der Waals surface area contributed by atoms with Gasteiger partial charge >= 0.3 is 0 Å². The Balaban J connectivity index is 1.52. The number of pyridine rings is 1. The fraction of sp³-hybridized carbons (Fsp3) is 0.0909. The maximum absolute atomic E-state index is 12.5. The number of Topliss-reactive ketones (excluding diaryl/α,β-unsaturated/α-hetero) is 1. The number of carbonyl (C=O) groups excluding carboxylic acids is 1. The maximum atomic E-state index is 12.5. The molecule has 2 heteroatoms. The molecule has 4 rings (SSSR count). The number of aromatic nitrogens is 1. The Labute approximate surface area is 140 Å². The number of carbonyl (C=O) groups is 1. The summed E-state index contributed by atoms with van der Waals surface area (Å²) >= 11 is 0. The van der Waals surface area contributed by atoms with Crippen LogP contribution in [0.5, 0.6) is 0 Å². The molecule has 0 amide bonds. The number of fused-ring (bicyclic) bond motifs is 2. The van der Waals surface area contributed by atoms with Crippen molar-refractivity contribution in [1.82, 2.24) is 4.98 Å². The van der Waals surface area contributed by atoms with Gasteiger partial charge in [-0.05, 0) is 35.4 Å². The summed E-state index contributed by atoms with van der Waals surface area (Å²) in [6.45, 7) is 0. The van der Waals surface area contributed by atoms with Crippen LogP contribution in [0.25, 0.3) is 21.7 Å². The Morgan fingerprint density at radius 3 is 2.33 bits per heavy atom. The molecule has 24 heavy (non-hydrogen) atoms. The summed E-state index contributed by atoms with van der Waals surface area (Å²) in [5.41, 5.74) is 2.71. The first kappa shape index (κ1) is 14.6. The predicted molar refractivity (Wildman–Crippen MR) is 98.3 cm³/mol. The van der Waals surface area contributed by atoms with Gasteiger partial charge in [0.1, 0.15) is 0 Å². The fourth-order valence-electron chi connectivity index (χ4n) is 3.00. The molecular weight excluding hydrogens is 294 g/mol. The van der Waals surface area contributed by atoms with Gasteiger partial charge in [0, 0.05) is 23.1 Å². The molecule has 0 aliphatic heterocycles. The van der Waals surface area contributed by atoms with Gasteiger partial charge in [-0.2, -0.15) is 0 Å². The lowest BCUT2D eigenvalue weighted by molar-refractivity contribution is 0.0982. The second kappa shape index (κ2) is 6.25. The zero-order valence-electron chi connectivity index (χ0n) is 13.3. The summed E-state index contributed by atoms with van der Waals surface area (Å²) in [5, 5.41) is 3.39. The van der Waals surface area contributed by atoms with Crippen molar-refractivity contribution in [2.24, 2.45) is 0 Å². The molecule has 0 fully saturated rings. The molecule has 4 aromatic rings. The summed E-state index contributed by atoms with van der Waals surface area (Å²) in [4.78, 5) is 17.1. The van der Waals surface area contributed by atoms with Crippen LogP contribution in [0.2, 0.25) is 0 Å². The number of benzene rings is 3. The van der Waals surface area contributed by atoms with Crippen LogP contribution in [0.1, 0.15) is 22.5 Å². The van der Waals surface area contributed by atoms with Gasteiger partial charge in [0.05, 0.1) is 5.52 Å². The second-order valence-corrected chi connectivity index (χ2v) is 5.98. The maximum Gasteiger partial charge on any atom is 0.163 e. The van der Waals surface area contributed by atoms with Crippen LogP contribution >= 0.6 is 0 Å². The highest BCUT2D eigenvalue weighted by Crippen LogP contribution is 2.18. The highest BCUT2D eigenvalue weighted by Gasteiger charge is 2.08. The first-order valence-electron chi connectivity index (χ1n) is 8.16. The average molecular weight is 311 g/mol. The van der Waals surface area contributed by atoms with E-state index in [0.717, 1.165) is 32.9 Å². The Morgan fingerprint density at radius 2 is 1.46 bits per heavy atom. The van der Waals surface area contributed by atoms with Crippen molar-refractivity contribution >= 4 is 27.5 Å². The van der Waals surface area contributed by atoms with Gasteiger partial charge in [-0.15, -0.1) is 0 Å². The molecule has 0 spiro atoms. The van der Waals surface area contributed by atoms with Gasteiger partial charge in [0.25, 0.3) is 0 Å². The molecule has 1 heterocycles. The SMILES string of the molecule is O=C(CCc1ccc2ccccc2n1)c1ccc2ccccc2c1. The van der Waals surface area contributed by atoms with Crippen molar-refractivity contribution < 1.29 is 4.79 Å². The van der Waals surface area contributed by atoms with E-state index >= 15 is 0 Å². The van der Waals surface area contributed by atoms with E-state index < -0.39 is 0 Å². The molecule has 116 valence electrons. The normalized spacial score (nSPS) is 11.0. The highest BCUT2D eigenvalue weighted by molar-refractivity contribution is 6.00. The van der Waals surface area contributed by atoms with E-state index in [1.54, 1.807) is 0 Å². The second-order valence-electron chi connectivity index (χ2n) is 5.98. The van der Waals surface area contributed by atoms with E-state index in [1.807, 2.05) is 66.7 Å². The summed E-state index contributed by atoms with van der Waals surface area (Å²) in [6, 6.07) is 26.1. The lowest BCUT2D eigenvalue weighted by Crippen LogP contribution is -2.02. The van der Waals surface area contributed by atoms with Gasteiger partial charge in [-0.3, -0.25) is 9.78 Å². The minimum Gasteiger partial charge on any atom is -0.294 e. The molecule has 0 atom stereocenters. The number of para-hydroxylation sites is 1. The summed E-state index contributed by atoms with van der Waals surface area (Å²) < 4.78 is 0. The van der Waals surface area contributed by atoms with E-state index in [9.17, 15) is 4.79 Å². The molecule has 0 aliphatic rings. The zero-order chi connectivity index (χ0) is 16.4. The summed E-state index contributed by atoms with van der Waals surface area (Å²) in [7, 11) is 0. The standard InChI is InChI=1S/C22H17NO/c24-22(19-10-9-16-5-1-2-7-18(16)15-19)14-13-20-12-11-17-6-3-4-8-21(17)23-20/h1-12,15H,13-14H2. The number of aryl methyl sites for hydroxylation is 1. The molecule has 0 saturated carbocycles. The molecule has 2 nitrogen and oxygen atoms in total. The molecule has 0 saturated heterocycles. The van der Waals surface area contributed by atoms with E-state index in [1.165, 1.54) is 0 Å². The Morgan fingerprint density at radius 1 is 0.750 bits per heavy atom. The van der Waals surface area contributed by atoms with E-state index in [0.29, 0.717) is 12.8 Å². The van der Waals surface area contributed by atoms with E-state index in [4.69, 9.17) is 0 Å². The fourth-order valence-corrected chi connectivity index (χ4v) is 3.00. The smallest absolute Gasteiger partial charge is 0.163 e. The molecular formula is C22H17NO.